The van der Waals surface area contributed by atoms with Crippen molar-refractivity contribution >= 4 is 8.07 Å². The number of rotatable bonds is 6. The van der Waals surface area contributed by atoms with Crippen molar-refractivity contribution in [3.05, 3.63) is 35.9 Å². The van der Waals surface area contributed by atoms with Crippen molar-refractivity contribution in [1.82, 2.24) is 0 Å². The molecule has 16 heavy (non-hydrogen) atoms. The Morgan fingerprint density at radius 1 is 1.00 bits per heavy atom. The molecule has 0 N–H and O–H groups in total. The van der Waals surface area contributed by atoms with Crippen LogP contribution < -0.4 is 0 Å². The Balaban J connectivity index is 2.73. The predicted molar refractivity (Wildman–Crippen MR) is 76.7 cm³/mol. The van der Waals surface area contributed by atoms with Gasteiger partial charge < -0.3 is 0 Å². The van der Waals surface area contributed by atoms with E-state index in [4.69, 9.17) is 0 Å². The first-order valence-electron chi connectivity index (χ1n) is 6.60. The molecule has 1 unspecified atom stereocenters. The first-order chi connectivity index (χ1) is 7.55. The fourth-order valence-electron chi connectivity index (χ4n) is 2.38. The van der Waals surface area contributed by atoms with Crippen LogP contribution in [-0.2, 0) is 0 Å². The molecule has 0 aliphatic heterocycles. The van der Waals surface area contributed by atoms with E-state index in [0.29, 0.717) is 0 Å². The van der Waals surface area contributed by atoms with Gasteiger partial charge in [0.1, 0.15) is 0 Å². The van der Waals surface area contributed by atoms with Crippen LogP contribution in [-0.4, -0.2) is 8.07 Å². The second kappa shape index (κ2) is 6.24. The van der Waals surface area contributed by atoms with E-state index in [2.05, 4.69) is 56.9 Å². The Morgan fingerprint density at radius 2 is 1.62 bits per heavy atom. The van der Waals surface area contributed by atoms with Crippen LogP contribution in [0.1, 0.15) is 43.7 Å². The van der Waals surface area contributed by atoms with Crippen molar-refractivity contribution in [1.29, 1.82) is 0 Å². The molecule has 0 nitrogen and oxygen atoms in total. The summed E-state index contributed by atoms with van der Waals surface area (Å²) in [4.78, 5) is 0. The molecule has 90 valence electrons. The van der Waals surface area contributed by atoms with Gasteiger partial charge in [-0.25, -0.2) is 0 Å². The van der Waals surface area contributed by atoms with E-state index in [1.807, 2.05) is 0 Å². The third-order valence-electron chi connectivity index (χ3n) is 3.34. The molecule has 0 amide bonds. The van der Waals surface area contributed by atoms with E-state index in [9.17, 15) is 0 Å². The summed E-state index contributed by atoms with van der Waals surface area (Å²) in [6.45, 7) is 9.77. The Bertz CT molecular complexity index is 284. The zero-order valence-corrected chi connectivity index (χ0v) is 12.3. The highest BCUT2D eigenvalue weighted by atomic mass is 28.3. The third kappa shape index (κ3) is 4.13. The molecule has 1 heteroatoms. The quantitative estimate of drug-likeness (QED) is 0.467. The molecule has 1 rings (SSSR count). The molecule has 0 aliphatic rings. The van der Waals surface area contributed by atoms with Crippen molar-refractivity contribution in [3.63, 3.8) is 0 Å². The van der Waals surface area contributed by atoms with Gasteiger partial charge in [-0.2, -0.15) is 0 Å². The van der Waals surface area contributed by atoms with E-state index in [-0.39, 0.29) is 0 Å². The molecule has 1 aromatic rings. The van der Waals surface area contributed by atoms with Crippen LogP contribution in [0.5, 0.6) is 0 Å². The molecule has 0 radical (unpaired) electrons. The lowest BCUT2D eigenvalue weighted by molar-refractivity contribution is 0.644. The summed E-state index contributed by atoms with van der Waals surface area (Å²) in [6.07, 6.45) is 5.48. The van der Waals surface area contributed by atoms with Crippen LogP contribution in [0.2, 0.25) is 19.6 Å². The summed E-state index contributed by atoms with van der Waals surface area (Å²) in [7, 11) is -1.08. The molecular weight excluding hydrogens is 208 g/mol. The van der Waals surface area contributed by atoms with Gasteiger partial charge in [-0.15, -0.1) is 0 Å². The number of benzene rings is 1. The van der Waals surface area contributed by atoms with Gasteiger partial charge in [0.25, 0.3) is 0 Å². The Kier molecular flexibility index (Phi) is 5.27. The van der Waals surface area contributed by atoms with Crippen molar-refractivity contribution in [2.24, 2.45) is 0 Å². The Labute approximate surface area is 102 Å². The molecule has 0 saturated carbocycles. The zero-order valence-electron chi connectivity index (χ0n) is 11.3. The van der Waals surface area contributed by atoms with E-state index in [0.717, 1.165) is 5.54 Å². The highest BCUT2D eigenvalue weighted by Gasteiger charge is 2.27. The zero-order chi connectivity index (χ0) is 12.0. The third-order valence-corrected chi connectivity index (χ3v) is 6.06. The lowest BCUT2D eigenvalue weighted by Crippen LogP contribution is -2.31. The summed E-state index contributed by atoms with van der Waals surface area (Å²) in [5.74, 6) is 0. The van der Waals surface area contributed by atoms with Crippen LogP contribution in [0.15, 0.2) is 30.3 Å². The summed E-state index contributed by atoms with van der Waals surface area (Å²) < 4.78 is 0. The van der Waals surface area contributed by atoms with Gasteiger partial charge in [0.05, 0.1) is 8.07 Å². The van der Waals surface area contributed by atoms with E-state index < -0.39 is 8.07 Å². The first kappa shape index (κ1) is 13.5. The normalized spacial score (nSPS) is 13.8. The SMILES string of the molecule is CCCCCC(c1ccccc1)[Si](C)(C)C. The van der Waals surface area contributed by atoms with E-state index in [1.54, 1.807) is 5.56 Å². The molecule has 0 heterocycles. The fraction of sp³-hybridized carbons (Fsp3) is 0.600. The van der Waals surface area contributed by atoms with Gasteiger partial charge in [0, 0.05) is 0 Å². The molecule has 1 atom stereocenters. The van der Waals surface area contributed by atoms with E-state index >= 15 is 0 Å². The Hall–Kier alpha value is -0.563. The summed E-state index contributed by atoms with van der Waals surface area (Å²) in [6, 6.07) is 11.1. The Morgan fingerprint density at radius 3 is 2.12 bits per heavy atom. The van der Waals surface area contributed by atoms with Crippen LogP contribution in [0.4, 0.5) is 0 Å². The van der Waals surface area contributed by atoms with Gasteiger partial charge in [-0.3, -0.25) is 0 Å². The van der Waals surface area contributed by atoms with Crippen LogP contribution >= 0.6 is 0 Å². The standard InChI is InChI=1S/C15H26Si/c1-5-6-8-13-15(16(2,3)4)14-11-9-7-10-12-14/h7,9-12,15H,5-6,8,13H2,1-4H3. The molecule has 0 fully saturated rings. The summed E-state index contributed by atoms with van der Waals surface area (Å²) >= 11 is 0. The number of hydrogen-bond acceptors (Lipinski definition) is 0. The molecule has 0 aromatic heterocycles. The van der Waals surface area contributed by atoms with Crippen molar-refractivity contribution in [2.75, 3.05) is 0 Å². The smallest absolute Gasteiger partial charge is 0.0521 e. The molecule has 0 bridgehead atoms. The lowest BCUT2D eigenvalue weighted by atomic mass is 10.1. The molecular formula is C15H26Si. The summed E-state index contributed by atoms with van der Waals surface area (Å²) in [5, 5.41) is 0. The highest BCUT2D eigenvalue weighted by Crippen LogP contribution is 2.31. The molecule has 0 spiro atoms. The van der Waals surface area contributed by atoms with Gasteiger partial charge in [-0.1, -0.05) is 76.2 Å². The second-order valence-electron chi connectivity index (χ2n) is 5.83. The highest BCUT2D eigenvalue weighted by molar-refractivity contribution is 6.77. The molecule has 1 aromatic carbocycles. The maximum absolute atomic E-state index is 2.50. The minimum Gasteiger partial charge on any atom is -0.0691 e. The fourth-order valence-corrected chi connectivity index (χ4v) is 4.65. The van der Waals surface area contributed by atoms with Gasteiger partial charge in [-0.05, 0) is 17.5 Å². The monoisotopic (exact) mass is 234 g/mol. The minimum absolute atomic E-state index is 0.834. The van der Waals surface area contributed by atoms with Crippen LogP contribution in [0.3, 0.4) is 0 Å². The van der Waals surface area contributed by atoms with Crippen molar-refractivity contribution < 1.29 is 0 Å². The average Bonchev–Trinajstić information content (AvgIpc) is 2.24. The maximum Gasteiger partial charge on any atom is 0.0521 e. The second-order valence-corrected chi connectivity index (χ2v) is 11.3. The molecule has 0 aliphatic carbocycles. The van der Waals surface area contributed by atoms with Crippen LogP contribution in [0.25, 0.3) is 0 Å². The maximum atomic E-state index is 2.50. The van der Waals surface area contributed by atoms with Gasteiger partial charge in [0.15, 0.2) is 0 Å². The average molecular weight is 234 g/mol. The summed E-state index contributed by atoms with van der Waals surface area (Å²) in [5.41, 5.74) is 2.40. The number of unbranched alkanes of at least 4 members (excludes halogenated alkanes) is 2. The largest absolute Gasteiger partial charge is 0.0691 e. The molecule has 0 saturated heterocycles. The van der Waals surface area contributed by atoms with Crippen LogP contribution in [0, 0.1) is 0 Å². The van der Waals surface area contributed by atoms with Crippen molar-refractivity contribution in [3.8, 4) is 0 Å². The van der Waals surface area contributed by atoms with Gasteiger partial charge >= 0.3 is 0 Å². The van der Waals surface area contributed by atoms with Gasteiger partial charge in [0.2, 0.25) is 0 Å². The van der Waals surface area contributed by atoms with E-state index in [1.165, 1.54) is 25.7 Å². The lowest BCUT2D eigenvalue weighted by Gasteiger charge is -2.29. The first-order valence-corrected chi connectivity index (χ1v) is 10.2. The topological polar surface area (TPSA) is 0 Å². The minimum atomic E-state index is -1.08. The number of hydrogen-bond donors (Lipinski definition) is 0. The van der Waals surface area contributed by atoms with Crippen molar-refractivity contribution in [2.45, 2.75) is 57.8 Å². The predicted octanol–water partition coefficient (Wildman–Crippen LogP) is 5.23.